The number of rotatable bonds is 9. The molecule has 1 heterocycles. The van der Waals surface area contributed by atoms with Gasteiger partial charge in [0, 0.05) is 36.9 Å². The van der Waals surface area contributed by atoms with E-state index in [0.29, 0.717) is 19.7 Å². The molecule has 0 bridgehead atoms. The van der Waals surface area contributed by atoms with Crippen LogP contribution in [0, 0.1) is 6.92 Å². The summed E-state index contributed by atoms with van der Waals surface area (Å²) in [5.74, 6) is 2.52. The minimum Gasteiger partial charge on any atom is -0.383 e. The van der Waals surface area contributed by atoms with Crippen molar-refractivity contribution in [3.05, 3.63) is 42.0 Å². The number of benzene rings is 1. The molecular weight excluding hydrogens is 487 g/mol. The minimum atomic E-state index is 0. The first-order valence-electron chi connectivity index (χ1n) is 9.22. The molecule has 0 atom stereocenters. The summed E-state index contributed by atoms with van der Waals surface area (Å²) in [6.07, 6.45) is 2.43. The van der Waals surface area contributed by atoms with E-state index in [2.05, 4.69) is 56.2 Å². The lowest BCUT2D eigenvalue weighted by Crippen LogP contribution is -2.42. The molecule has 1 aliphatic rings. The number of thioether (sulfide) groups is 1. The Hall–Kier alpha value is -1.33. The zero-order valence-corrected chi connectivity index (χ0v) is 19.8. The molecular formula is C19H29IN6OS. The van der Waals surface area contributed by atoms with E-state index in [9.17, 15) is 0 Å². The molecule has 1 saturated carbocycles. The highest BCUT2D eigenvalue weighted by Gasteiger charge is 2.43. The molecule has 154 valence electrons. The van der Waals surface area contributed by atoms with Crippen LogP contribution in [-0.2, 0) is 18.3 Å². The summed E-state index contributed by atoms with van der Waals surface area (Å²) in [5.41, 5.74) is 0. The maximum Gasteiger partial charge on any atom is 0.191 e. The fraction of sp³-hybridized carbons (Fsp3) is 0.526. The van der Waals surface area contributed by atoms with Gasteiger partial charge in [-0.1, -0.05) is 18.2 Å². The van der Waals surface area contributed by atoms with Crippen molar-refractivity contribution in [2.75, 3.05) is 26.8 Å². The summed E-state index contributed by atoms with van der Waals surface area (Å²) < 4.78 is 7.36. The van der Waals surface area contributed by atoms with Gasteiger partial charge in [-0.15, -0.1) is 45.9 Å². The van der Waals surface area contributed by atoms with Crippen molar-refractivity contribution >= 4 is 41.7 Å². The Balaban J connectivity index is 0.00000280. The van der Waals surface area contributed by atoms with Crippen molar-refractivity contribution in [2.45, 2.75) is 36.0 Å². The monoisotopic (exact) mass is 516 g/mol. The molecule has 7 nitrogen and oxygen atoms in total. The number of aromatic nitrogens is 3. The summed E-state index contributed by atoms with van der Waals surface area (Å²) >= 11 is 1.95. The summed E-state index contributed by atoms with van der Waals surface area (Å²) in [7, 11) is 3.66. The molecule has 0 saturated heterocycles. The van der Waals surface area contributed by atoms with Crippen molar-refractivity contribution in [1.82, 2.24) is 25.4 Å². The van der Waals surface area contributed by atoms with E-state index in [1.54, 1.807) is 7.11 Å². The molecule has 0 radical (unpaired) electrons. The first-order valence-corrected chi connectivity index (χ1v) is 10.0. The number of nitrogens with one attached hydrogen (secondary N) is 2. The van der Waals surface area contributed by atoms with E-state index in [1.165, 1.54) is 17.7 Å². The molecule has 1 aromatic heterocycles. The largest absolute Gasteiger partial charge is 0.383 e. The van der Waals surface area contributed by atoms with Gasteiger partial charge in [-0.3, -0.25) is 0 Å². The number of hydrogen-bond acceptors (Lipinski definition) is 5. The van der Waals surface area contributed by atoms with Gasteiger partial charge in [-0.25, -0.2) is 4.99 Å². The zero-order valence-electron chi connectivity index (χ0n) is 16.6. The van der Waals surface area contributed by atoms with Crippen LogP contribution < -0.4 is 10.6 Å². The smallest absolute Gasteiger partial charge is 0.191 e. The zero-order chi connectivity index (χ0) is 19.1. The van der Waals surface area contributed by atoms with Gasteiger partial charge in [0.05, 0.1) is 6.61 Å². The lowest BCUT2D eigenvalue weighted by molar-refractivity contribution is 0.203. The van der Waals surface area contributed by atoms with Crippen molar-refractivity contribution < 1.29 is 4.74 Å². The van der Waals surface area contributed by atoms with Crippen LogP contribution in [0.1, 0.15) is 24.5 Å². The summed E-state index contributed by atoms with van der Waals surface area (Å²) in [5, 5.41) is 15.1. The van der Waals surface area contributed by atoms with Gasteiger partial charge < -0.3 is 19.9 Å². The second-order valence-electron chi connectivity index (χ2n) is 6.76. The topological polar surface area (TPSA) is 76.4 Å². The van der Waals surface area contributed by atoms with Gasteiger partial charge in [-0.05, 0) is 31.9 Å². The van der Waals surface area contributed by atoms with Gasteiger partial charge in [0.25, 0.3) is 0 Å². The molecule has 0 unspecified atom stereocenters. The van der Waals surface area contributed by atoms with Crippen LogP contribution in [0.2, 0.25) is 0 Å². The Kier molecular flexibility index (Phi) is 9.03. The lowest BCUT2D eigenvalue weighted by atomic mass is 10.4. The maximum absolute atomic E-state index is 5.14. The number of ether oxygens (including phenoxy) is 1. The fourth-order valence-corrected chi connectivity index (χ4v) is 3.87. The lowest BCUT2D eigenvalue weighted by Gasteiger charge is -2.18. The Morgan fingerprint density at radius 1 is 1.25 bits per heavy atom. The van der Waals surface area contributed by atoms with E-state index in [-0.39, 0.29) is 28.7 Å². The standard InChI is InChI=1S/C19H28N6OS.HI/c1-15-23-24-17(25(15)2)13-21-18(20-11-12-26-3)22-14-19(9-10-19)27-16-7-5-4-6-8-16;/h4-8H,9-14H2,1-3H3,(H2,20,21,22);1H. The average Bonchev–Trinajstić information content (AvgIpc) is 3.37. The molecule has 9 heteroatoms. The fourth-order valence-electron chi connectivity index (χ4n) is 2.62. The first-order chi connectivity index (χ1) is 13.1. The number of guanidine groups is 1. The second-order valence-corrected chi connectivity index (χ2v) is 8.30. The van der Waals surface area contributed by atoms with Crippen LogP contribution in [0.25, 0.3) is 0 Å². The Bertz CT molecular complexity index is 763. The van der Waals surface area contributed by atoms with Gasteiger partial charge >= 0.3 is 0 Å². The van der Waals surface area contributed by atoms with Gasteiger partial charge in [0.1, 0.15) is 12.4 Å². The first kappa shape index (κ1) is 23.0. The van der Waals surface area contributed by atoms with Crippen molar-refractivity contribution in [2.24, 2.45) is 12.0 Å². The minimum absolute atomic E-state index is 0. The van der Waals surface area contributed by atoms with Crippen LogP contribution in [0.5, 0.6) is 0 Å². The predicted octanol–water partition coefficient (Wildman–Crippen LogP) is 2.75. The SMILES string of the molecule is COCCNC(=NCc1nnc(C)n1C)NCC1(Sc2ccccc2)CC1.I. The number of methoxy groups -OCH3 is 1. The third-order valence-electron chi connectivity index (χ3n) is 4.62. The third-order valence-corrected chi connectivity index (χ3v) is 6.12. The van der Waals surface area contributed by atoms with Crippen molar-refractivity contribution in [3.8, 4) is 0 Å². The molecule has 1 fully saturated rings. The maximum atomic E-state index is 5.14. The van der Waals surface area contributed by atoms with E-state index >= 15 is 0 Å². The van der Waals surface area contributed by atoms with E-state index in [1.807, 2.05) is 30.3 Å². The highest BCUT2D eigenvalue weighted by atomic mass is 127. The van der Waals surface area contributed by atoms with Crippen LogP contribution in [0.4, 0.5) is 0 Å². The predicted molar refractivity (Wildman–Crippen MR) is 124 cm³/mol. The van der Waals surface area contributed by atoms with Crippen molar-refractivity contribution in [1.29, 1.82) is 0 Å². The number of nitrogens with zero attached hydrogens (tertiary/aromatic N) is 4. The summed E-state index contributed by atoms with van der Waals surface area (Å²) in [4.78, 5) is 6.00. The highest BCUT2D eigenvalue weighted by Crippen LogP contribution is 2.51. The quantitative estimate of drug-likeness (QED) is 0.231. The third kappa shape index (κ3) is 6.63. The molecule has 2 N–H and O–H groups in total. The van der Waals surface area contributed by atoms with Crippen LogP contribution >= 0.6 is 35.7 Å². The number of halogens is 1. The average molecular weight is 516 g/mol. The highest BCUT2D eigenvalue weighted by molar-refractivity contribution is 14.0. The van der Waals surface area contributed by atoms with Crippen LogP contribution in [0.3, 0.4) is 0 Å². The Morgan fingerprint density at radius 3 is 2.61 bits per heavy atom. The van der Waals surface area contributed by atoms with Gasteiger partial charge in [-0.2, -0.15) is 0 Å². The normalized spacial score (nSPS) is 15.0. The van der Waals surface area contributed by atoms with Crippen molar-refractivity contribution in [3.63, 3.8) is 0 Å². The molecule has 0 amide bonds. The molecule has 0 aliphatic heterocycles. The van der Waals surface area contributed by atoms with Crippen LogP contribution in [0.15, 0.2) is 40.2 Å². The second kappa shape index (κ2) is 11.0. The molecule has 3 rings (SSSR count). The molecule has 1 aromatic carbocycles. The number of aryl methyl sites for hydroxylation is 1. The van der Waals surface area contributed by atoms with E-state index < -0.39 is 0 Å². The number of hydrogen-bond donors (Lipinski definition) is 2. The van der Waals surface area contributed by atoms with Gasteiger partial charge in [0.2, 0.25) is 0 Å². The molecule has 1 aliphatic carbocycles. The van der Waals surface area contributed by atoms with Crippen LogP contribution in [-0.4, -0.2) is 52.3 Å². The summed E-state index contributed by atoms with van der Waals surface area (Å²) in [6, 6.07) is 10.6. The van der Waals surface area contributed by atoms with E-state index in [0.717, 1.165) is 24.2 Å². The van der Waals surface area contributed by atoms with E-state index in [4.69, 9.17) is 4.74 Å². The molecule has 28 heavy (non-hydrogen) atoms. The number of aliphatic imine (C=N–C) groups is 1. The Labute approximate surface area is 188 Å². The molecule has 2 aromatic rings. The summed E-state index contributed by atoms with van der Waals surface area (Å²) in [6.45, 7) is 4.64. The van der Waals surface area contributed by atoms with Gasteiger partial charge in [0.15, 0.2) is 11.8 Å². The molecule has 0 spiro atoms. The Morgan fingerprint density at radius 2 is 2.00 bits per heavy atom.